The summed E-state index contributed by atoms with van der Waals surface area (Å²) in [5.74, 6) is 0.450. The largest absolute Gasteiger partial charge is 0.463 e. The molecular weight excluding hydrogens is 258 g/mol. The Morgan fingerprint density at radius 1 is 1.55 bits per heavy atom. The van der Waals surface area contributed by atoms with Gasteiger partial charge in [0.05, 0.1) is 12.4 Å². The molecule has 0 radical (unpaired) electrons. The second-order valence-corrected chi connectivity index (χ2v) is 4.67. The number of hydrogen-bond donors (Lipinski definition) is 2. The van der Waals surface area contributed by atoms with Crippen LogP contribution in [0.25, 0.3) is 11.5 Å². The van der Waals surface area contributed by atoms with Crippen LogP contribution in [-0.2, 0) is 4.74 Å². The van der Waals surface area contributed by atoms with Gasteiger partial charge in [-0.25, -0.2) is 0 Å². The van der Waals surface area contributed by atoms with Crippen LogP contribution >= 0.6 is 0 Å². The van der Waals surface area contributed by atoms with E-state index in [1.165, 1.54) is 0 Å². The predicted molar refractivity (Wildman–Crippen MR) is 74.3 cm³/mol. The summed E-state index contributed by atoms with van der Waals surface area (Å²) >= 11 is 0. The highest BCUT2D eigenvalue weighted by Gasteiger charge is 2.11. The molecule has 0 saturated heterocycles. The van der Waals surface area contributed by atoms with E-state index in [9.17, 15) is 4.79 Å². The van der Waals surface area contributed by atoms with Gasteiger partial charge in [0.15, 0.2) is 11.5 Å². The maximum absolute atomic E-state index is 11.9. The van der Waals surface area contributed by atoms with E-state index in [2.05, 4.69) is 15.5 Å². The predicted octanol–water partition coefficient (Wildman–Crippen LogP) is 2.21. The number of nitrogens with zero attached hydrogens (tertiary/aromatic N) is 1. The molecule has 0 atom stereocenters. The molecule has 1 amide bonds. The van der Waals surface area contributed by atoms with Gasteiger partial charge in [0, 0.05) is 19.2 Å². The molecule has 0 aliphatic heterocycles. The Morgan fingerprint density at radius 3 is 3.10 bits per heavy atom. The summed E-state index contributed by atoms with van der Waals surface area (Å²) < 4.78 is 10.6. The number of nitrogens with one attached hydrogen (secondary N) is 2. The highest BCUT2D eigenvalue weighted by molar-refractivity contribution is 5.93. The molecule has 2 aromatic rings. The molecule has 0 bridgehead atoms. The monoisotopic (exact) mass is 277 g/mol. The number of aromatic nitrogens is 2. The lowest BCUT2D eigenvalue weighted by Gasteiger charge is -2.07. The van der Waals surface area contributed by atoms with Crippen LogP contribution in [0, 0.1) is 0 Å². The van der Waals surface area contributed by atoms with Gasteiger partial charge in [0.25, 0.3) is 5.91 Å². The van der Waals surface area contributed by atoms with Gasteiger partial charge in [-0.3, -0.25) is 9.89 Å². The number of amides is 1. The van der Waals surface area contributed by atoms with E-state index in [1.54, 1.807) is 24.5 Å². The minimum absolute atomic E-state index is 0.205. The second-order valence-electron chi connectivity index (χ2n) is 4.67. The molecule has 2 N–H and O–H groups in total. The van der Waals surface area contributed by atoms with E-state index in [0.717, 1.165) is 6.42 Å². The number of ether oxygens (including phenoxy) is 1. The first-order valence-corrected chi connectivity index (χ1v) is 6.66. The Hall–Kier alpha value is -2.08. The minimum Gasteiger partial charge on any atom is -0.463 e. The molecule has 20 heavy (non-hydrogen) atoms. The fourth-order valence-corrected chi connectivity index (χ4v) is 1.68. The number of carbonyl (C=O) groups excluding carboxylic acids is 1. The van der Waals surface area contributed by atoms with Gasteiger partial charge in [-0.2, -0.15) is 5.10 Å². The lowest BCUT2D eigenvalue weighted by molar-refractivity contribution is 0.0756. The summed E-state index contributed by atoms with van der Waals surface area (Å²) in [6.45, 7) is 5.17. The summed E-state index contributed by atoms with van der Waals surface area (Å²) in [5.41, 5.74) is 1.03. The first kappa shape index (κ1) is 14.3. The quantitative estimate of drug-likeness (QED) is 0.760. The minimum atomic E-state index is -0.205. The van der Waals surface area contributed by atoms with Crippen LogP contribution in [0.15, 0.2) is 28.9 Å². The van der Waals surface area contributed by atoms with Crippen molar-refractivity contribution in [3.63, 3.8) is 0 Å². The number of rotatable bonds is 7. The van der Waals surface area contributed by atoms with Crippen molar-refractivity contribution in [2.24, 2.45) is 0 Å². The molecule has 6 heteroatoms. The summed E-state index contributed by atoms with van der Waals surface area (Å²) in [7, 11) is 0. The van der Waals surface area contributed by atoms with Crippen molar-refractivity contribution in [1.82, 2.24) is 15.5 Å². The lowest BCUT2D eigenvalue weighted by Crippen LogP contribution is -2.25. The fraction of sp³-hybridized carbons (Fsp3) is 0.429. The van der Waals surface area contributed by atoms with Crippen LogP contribution in [0.5, 0.6) is 0 Å². The van der Waals surface area contributed by atoms with Gasteiger partial charge in [-0.1, -0.05) is 0 Å². The van der Waals surface area contributed by atoms with Gasteiger partial charge >= 0.3 is 0 Å². The molecule has 0 fully saturated rings. The van der Waals surface area contributed by atoms with E-state index in [0.29, 0.717) is 30.3 Å². The topological polar surface area (TPSA) is 80.1 Å². The number of carbonyl (C=O) groups is 1. The van der Waals surface area contributed by atoms with Crippen LogP contribution in [0.3, 0.4) is 0 Å². The fourth-order valence-electron chi connectivity index (χ4n) is 1.68. The summed E-state index contributed by atoms with van der Waals surface area (Å²) in [4.78, 5) is 11.9. The van der Waals surface area contributed by atoms with Gasteiger partial charge in [0.1, 0.15) is 5.69 Å². The van der Waals surface area contributed by atoms with Crippen LogP contribution in [0.4, 0.5) is 0 Å². The molecule has 0 aliphatic carbocycles. The first-order valence-electron chi connectivity index (χ1n) is 6.66. The Morgan fingerprint density at radius 2 is 2.40 bits per heavy atom. The van der Waals surface area contributed by atoms with E-state index in [1.807, 2.05) is 13.8 Å². The zero-order chi connectivity index (χ0) is 14.4. The molecule has 0 unspecified atom stereocenters. The molecule has 6 nitrogen and oxygen atoms in total. The summed E-state index contributed by atoms with van der Waals surface area (Å²) in [6.07, 6.45) is 2.57. The van der Waals surface area contributed by atoms with Crippen molar-refractivity contribution in [2.75, 3.05) is 13.2 Å². The Balaban J connectivity index is 1.78. The molecule has 0 aliphatic rings. The number of H-pyrrole nitrogens is 1. The normalized spacial score (nSPS) is 10.9. The second kappa shape index (κ2) is 6.91. The van der Waals surface area contributed by atoms with E-state index < -0.39 is 0 Å². The average Bonchev–Trinajstić information content (AvgIpc) is 3.08. The van der Waals surface area contributed by atoms with Crippen LogP contribution in [-0.4, -0.2) is 35.4 Å². The van der Waals surface area contributed by atoms with Gasteiger partial charge in [-0.15, -0.1) is 0 Å². The standard InChI is InChI=1S/C14H19N3O3/c1-10(2)19-8-4-6-15-14(18)12-9-11(16-17-12)13-5-3-7-20-13/h3,5,7,9-10H,4,6,8H2,1-2H3,(H,15,18)(H,16,17). The van der Waals surface area contributed by atoms with Crippen molar-refractivity contribution in [2.45, 2.75) is 26.4 Å². The molecule has 2 heterocycles. The van der Waals surface area contributed by atoms with Crippen LogP contribution in [0.2, 0.25) is 0 Å². The van der Waals surface area contributed by atoms with Crippen molar-refractivity contribution in [3.05, 3.63) is 30.2 Å². The van der Waals surface area contributed by atoms with Gasteiger partial charge in [0.2, 0.25) is 0 Å². The van der Waals surface area contributed by atoms with Crippen molar-refractivity contribution < 1.29 is 13.9 Å². The third kappa shape index (κ3) is 3.96. The van der Waals surface area contributed by atoms with Crippen LogP contribution < -0.4 is 5.32 Å². The molecule has 108 valence electrons. The summed E-state index contributed by atoms with van der Waals surface area (Å²) in [6, 6.07) is 5.25. The number of furan rings is 1. The van der Waals surface area contributed by atoms with Crippen molar-refractivity contribution >= 4 is 5.91 Å². The van der Waals surface area contributed by atoms with Gasteiger partial charge in [-0.05, 0) is 32.4 Å². The average molecular weight is 277 g/mol. The van der Waals surface area contributed by atoms with E-state index in [-0.39, 0.29) is 12.0 Å². The maximum Gasteiger partial charge on any atom is 0.271 e. The zero-order valence-electron chi connectivity index (χ0n) is 11.7. The molecule has 2 aromatic heterocycles. The van der Waals surface area contributed by atoms with E-state index in [4.69, 9.17) is 9.15 Å². The highest BCUT2D eigenvalue weighted by atomic mass is 16.5. The molecule has 2 rings (SSSR count). The van der Waals surface area contributed by atoms with Gasteiger partial charge < -0.3 is 14.5 Å². The Bertz CT molecular complexity index is 532. The molecule has 0 aromatic carbocycles. The third-order valence-corrected chi connectivity index (χ3v) is 2.65. The highest BCUT2D eigenvalue weighted by Crippen LogP contribution is 2.17. The van der Waals surface area contributed by atoms with Crippen molar-refractivity contribution in [1.29, 1.82) is 0 Å². The maximum atomic E-state index is 11.9. The number of aromatic amines is 1. The lowest BCUT2D eigenvalue weighted by atomic mass is 10.3. The Kier molecular flexibility index (Phi) is 4.95. The van der Waals surface area contributed by atoms with E-state index >= 15 is 0 Å². The first-order chi connectivity index (χ1) is 9.66. The third-order valence-electron chi connectivity index (χ3n) is 2.65. The molecule has 0 spiro atoms. The SMILES string of the molecule is CC(C)OCCCNC(=O)c1cc(-c2ccco2)[nH]n1. The zero-order valence-corrected chi connectivity index (χ0v) is 11.7. The van der Waals surface area contributed by atoms with Crippen molar-refractivity contribution in [3.8, 4) is 11.5 Å². The molecular formula is C14H19N3O3. The molecule has 0 saturated carbocycles. The Labute approximate surface area is 117 Å². The van der Waals surface area contributed by atoms with Crippen LogP contribution in [0.1, 0.15) is 30.8 Å². The smallest absolute Gasteiger partial charge is 0.271 e. The number of hydrogen-bond acceptors (Lipinski definition) is 4. The summed E-state index contributed by atoms with van der Waals surface area (Å²) in [5, 5.41) is 9.55.